The summed E-state index contributed by atoms with van der Waals surface area (Å²) in [4.78, 5) is 23.5. The summed E-state index contributed by atoms with van der Waals surface area (Å²) in [5, 5.41) is 5.95. The van der Waals surface area contributed by atoms with Gasteiger partial charge in [0.05, 0.1) is 5.92 Å². The fraction of sp³-hybridized carbons (Fsp3) is 0.176. The van der Waals surface area contributed by atoms with Crippen LogP contribution in [0.5, 0.6) is 0 Å². The van der Waals surface area contributed by atoms with Crippen LogP contribution in [-0.4, -0.2) is 39.0 Å². The molecule has 0 atom stereocenters. The molecule has 0 saturated carbocycles. The molecule has 24 heavy (non-hydrogen) atoms. The lowest BCUT2D eigenvalue weighted by Gasteiger charge is -2.36. The maximum Gasteiger partial charge on any atom is 0.246 e. The first-order valence-corrected chi connectivity index (χ1v) is 8.43. The summed E-state index contributed by atoms with van der Waals surface area (Å²) in [5.41, 5.74) is 0.679. The van der Waals surface area contributed by atoms with Crippen LogP contribution < -0.4 is 0 Å². The van der Waals surface area contributed by atoms with Gasteiger partial charge in [-0.25, -0.2) is 0 Å². The van der Waals surface area contributed by atoms with E-state index >= 15 is 0 Å². The van der Waals surface area contributed by atoms with Crippen molar-refractivity contribution >= 4 is 23.3 Å². The van der Waals surface area contributed by atoms with E-state index in [1.165, 1.54) is 0 Å². The van der Waals surface area contributed by atoms with Gasteiger partial charge in [0.25, 0.3) is 0 Å². The molecule has 1 amide bonds. The van der Waals surface area contributed by atoms with Gasteiger partial charge in [-0.05, 0) is 29.7 Å². The van der Waals surface area contributed by atoms with Gasteiger partial charge in [0.2, 0.25) is 17.6 Å². The topological polar surface area (TPSA) is 72.1 Å². The molecule has 120 valence electrons. The average Bonchev–Trinajstić information content (AvgIpc) is 3.24. The molecule has 0 aromatic carbocycles. The van der Waals surface area contributed by atoms with Gasteiger partial charge in [-0.2, -0.15) is 4.98 Å². The molecular weight excluding hydrogens is 324 g/mol. The van der Waals surface area contributed by atoms with Crippen LogP contribution in [0.3, 0.4) is 0 Å². The van der Waals surface area contributed by atoms with Crippen molar-refractivity contribution in [3.63, 3.8) is 0 Å². The average molecular weight is 338 g/mol. The fourth-order valence-electron chi connectivity index (χ4n) is 2.46. The molecule has 0 unspecified atom stereocenters. The monoisotopic (exact) mass is 338 g/mol. The second-order valence-electron chi connectivity index (χ2n) is 5.46. The Morgan fingerprint density at radius 1 is 1.29 bits per heavy atom. The van der Waals surface area contributed by atoms with Gasteiger partial charge < -0.3 is 9.42 Å². The van der Waals surface area contributed by atoms with Crippen molar-refractivity contribution in [3.05, 3.63) is 58.8 Å². The number of rotatable bonds is 4. The van der Waals surface area contributed by atoms with E-state index in [4.69, 9.17) is 4.52 Å². The van der Waals surface area contributed by atoms with E-state index in [-0.39, 0.29) is 11.8 Å². The number of amides is 1. The zero-order valence-corrected chi connectivity index (χ0v) is 13.5. The van der Waals surface area contributed by atoms with Crippen LogP contribution in [0.15, 0.2) is 52.5 Å². The quantitative estimate of drug-likeness (QED) is 0.684. The maximum absolute atomic E-state index is 12.1. The molecule has 0 N–H and O–H groups in total. The third kappa shape index (κ3) is 2.98. The summed E-state index contributed by atoms with van der Waals surface area (Å²) >= 11 is 1.60. The SMILES string of the molecule is O=C(/C=C/c1cccs1)N1CC(c2nc(-c3ccccn3)no2)C1. The molecule has 4 rings (SSSR count). The van der Waals surface area contributed by atoms with Crippen molar-refractivity contribution in [1.82, 2.24) is 20.0 Å². The largest absolute Gasteiger partial charge is 0.338 e. The Bertz CT molecular complexity index is 852. The molecule has 4 heterocycles. The number of aromatic nitrogens is 3. The predicted octanol–water partition coefficient (Wildman–Crippen LogP) is 2.83. The Labute approximate surface area is 142 Å². The number of hydrogen-bond donors (Lipinski definition) is 0. The fourth-order valence-corrected chi connectivity index (χ4v) is 3.08. The van der Waals surface area contributed by atoms with Crippen molar-refractivity contribution in [2.24, 2.45) is 0 Å². The number of thiophene rings is 1. The molecule has 3 aromatic heterocycles. The van der Waals surface area contributed by atoms with E-state index in [0.717, 1.165) is 4.88 Å². The van der Waals surface area contributed by atoms with Gasteiger partial charge in [-0.3, -0.25) is 9.78 Å². The van der Waals surface area contributed by atoms with Crippen LogP contribution in [0.2, 0.25) is 0 Å². The zero-order valence-electron chi connectivity index (χ0n) is 12.7. The first-order valence-electron chi connectivity index (χ1n) is 7.55. The van der Waals surface area contributed by atoms with Crippen molar-refractivity contribution in [2.45, 2.75) is 5.92 Å². The van der Waals surface area contributed by atoms with Gasteiger partial charge in [-0.1, -0.05) is 17.3 Å². The van der Waals surface area contributed by atoms with Gasteiger partial charge in [0.15, 0.2) is 0 Å². The van der Waals surface area contributed by atoms with Crippen molar-refractivity contribution in [2.75, 3.05) is 13.1 Å². The molecule has 0 radical (unpaired) electrons. The molecule has 1 fully saturated rings. The Hall–Kier alpha value is -2.80. The standard InChI is InChI=1S/C17H14N4O2S/c22-15(7-6-13-4-3-9-24-13)21-10-12(11-21)17-19-16(20-23-17)14-5-1-2-8-18-14/h1-9,12H,10-11H2/b7-6+. The minimum atomic E-state index is 0.00381. The third-order valence-corrected chi connectivity index (χ3v) is 4.65. The number of nitrogens with zero attached hydrogens (tertiary/aromatic N) is 4. The second-order valence-corrected chi connectivity index (χ2v) is 6.44. The molecule has 0 aliphatic carbocycles. The highest BCUT2D eigenvalue weighted by molar-refractivity contribution is 7.10. The summed E-state index contributed by atoms with van der Waals surface area (Å²) in [5.74, 6) is 1.13. The lowest BCUT2D eigenvalue weighted by molar-refractivity contribution is -0.130. The number of likely N-dealkylation sites (tertiary alicyclic amines) is 1. The smallest absolute Gasteiger partial charge is 0.246 e. The number of hydrogen-bond acceptors (Lipinski definition) is 6. The second kappa shape index (κ2) is 6.37. The molecule has 0 spiro atoms. The van der Waals surface area contributed by atoms with Crippen molar-refractivity contribution in [1.29, 1.82) is 0 Å². The molecule has 0 bridgehead atoms. The predicted molar refractivity (Wildman–Crippen MR) is 90.2 cm³/mol. The van der Waals surface area contributed by atoms with E-state index in [0.29, 0.717) is 30.5 Å². The highest BCUT2D eigenvalue weighted by atomic mass is 32.1. The van der Waals surface area contributed by atoms with Gasteiger partial charge in [0, 0.05) is 30.2 Å². The molecule has 1 aliphatic heterocycles. The molecule has 1 aliphatic rings. The Morgan fingerprint density at radius 3 is 2.96 bits per heavy atom. The van der Waals surface area contributed by atoms with Crippen LogP contribution in [0.1, 0.15) is 16.7 Å². The van der Waals surface area contributed by atoms with Crippen LogP contribution in [0.25, 0.3) is 17.6 Å². The summed E-state index contributed by atoms with van der Waals surface area (Å²) in [6, 6.07) is 9.49. The van der Waals surface area contributed by atoms with Gasteiger partial charge >= 0.3 is 0 Å². The molecule has 6 nitrogen and oxygen atoms in total. The van der Waals surface area contributed by atoms with E-state index in [9.17, 15) is 4.79 Å². The number of carbonyl (C=O) groups is 1. The molecule has 7 heteroatoms. The van der Waals surface area contributed by atoms with E-state index in [1.807, 2.05) is 41.8 Å². The van der Waals surface area contributed by atoms with Crippen LogP contribution in [0, 0.1) is 0 Å². The summed E-state index contributed by atoms with van der Waals surface area (Å²) in [6.07, 6.45) is 5.14. The first kappa shape index (κ1) is 14.8. The molecular formula is C17H14N4O2S. The van der Waals surface area contributed by atoms with Gasteiger partial charge in [0.1, 0.15) is 5.69 Å². The van der Waals surface area contributed by atoms with E-state index < -0.39 is 0 Å². The Kier molecular flexibility index (Phi) is 3.92. The minimum absolute atomic E-state index is 0.00381. The van der Waals surface area contributed by atoms with Crippen LogP contribution >= 0.6 is 11.3 Å². The molecule has 1 saturated heterocycles. The summed E-state index contributed by atoms with van der Waals surface area (Å²) in [6.45, 7) is 1.19. The summed E-state index contributed by atoms with van der Waals surface area (Å²) < 4.78 is 5.31. The Morgan fingerprint density at radius 2 is 2.21 bits per heavy atom. The normalized spacial score (nSPS) is 14.9. The van der Waals surface area contributed by atoms with Crippen LogP contribution in [-0.2, 0) is 4.79 Å². The number of pyridine rings is 1. The van der Waals surface area contributed by atoms with Crippen LogP contribution in [0.4, 0.5) is 0 Å². The third-order valence-electron chi connectivity index (χ3n) is 3.81. The summed E-state index contributed by atoms with van der Waals surface area (Å²) in [7, 11) is 0. The highest BCUT2D eigenvalue weighted by Gasteiger charge is 2.34. The van der Waals surface area contributed by atoms with E-state index in [1.54, 1.807) is 28.5 Å². The highest BCUT2D eigenvalue weighted by Crippen LogP contribution is 2.27. The lowest BCUT2D eigenvalue weighted by Crippen LogP contribution is -2.47. The molecule has 3 aromatic rings. The van der Waals surface area contributed by atoms with Crippen molar-refractivity contribution < 1.29 is 9.32 Å². The minimum Gasteiger partial charge on any atom is -0.338 e. The maximum atomic E-state index is 12.1. The zero-order chi connectivity index (χ0) is 16.4. The Balaban J connectivity index is 1.36. The van der Waals surface area contributed by atoms with Gasteiger partial charge in [-0.15, -0.1) is 11.3 Å². The van der Waals surface area contributed by atoms with E-state index in [2.05, 4.69) is 15.1 Å². The van der Waals surface area contributed by atoms with Crippen molar-refractivity contribution in [3.8, 4) is 11.5 Å². The lowest BCUT2D eigenvalue weighted by atomic mass is 10.00. The first-order chi connectivity index (χ1) is 11.8. The number of carbonyl (C=O) groups excluding carboxylic acids is 1.